The summed E-state index contributed by atoms with van der Waals surface area (Å²) in [5.74, 6) is 0.219. The summed E-state index contributed by atoms with van der Waals surface area (Å²) < 4.78 is 0. The maximum absolute atomic E-state index is 11.6. The molecule has 0 atom stereocenters. The van der Waals surface area contributed by atoms with Crippen molar-refractivity contribution in [2.75, 3.05) is 0 Å². The van der Waals surface area contributed by atoms with Crippen LogP contribution in [0.3, 0.4) is 0 Å². The van der Waals surface area contributed by atoms with Crippen LogP contribution in [-0.4, -0.2) is 12.0 Å². The third-order valence-corrected chi connectivity index (χ3v) is 2.93. The molecular formula is C14H14N2O. The molecule has 0 heterocycles. The van der Waals surface area contributed by atoms with E-state index in [0.29, 0.717) is 12.0 Å². The molecule has 0 fully saturated rings. The largest absolute Gasteiger partial charge is 0.404 e. The van der Waals surface area contributed by atoms with E-state index >= 15 is 0 Å². The molecule has 17 heavy (non-hydrogen) atoms. The van der Waals surface area contributed by atoms with Gasteiger partial charge in [0.1, 0.15) is 0 Å². The van der Waals surface area contributed by atoms with Gasteiger partial charge in [-0.15, -0.1) is 0 Å². The molecule has 3 N–H and O–H groups in total. The number of carbonyl (C=O) groups is 1. The van der Waals surface area contributed by atoms with E-state index in [0.717, 1.165) is 23.1 Å². The van der Waals surface area contributed by atoms with Gasteiger partial charge in [-0.25, -0.2) is 0 Å². The van der Waals surface area contributed by atoms with E-state index in [2.05, 4.69) is 0 Å². The number of Topliss-reactive ketones (excluding diaryl/α,β-unsaturated/α-hetero) is 1. The highest BCUT2D eigenvalue weighted by Gasteiger charge is 2.20. The van der Waals surface area contributed by atoms with E-state index in [9.17, 15) is 4.79 Å². The quantitative estimate of drug-likeness (QED) is 0.613. The van der Waals surface area contributed by atoms with Crippen molar-refractivity contribution in [1.82, 2.24) is 0 Å². The Hall–Kier alpha value is -2.16. The van der Waals surface area contributed by atoms with E-state index in [4.69, 9.17) is 11.1 Å². The molecule has 2 rings (SSSR count). The van der Waals surface area contributed by atoms with Crippen molar-refractivity contribution in [3.8, 4) is 0 Å². The van der Waals surface area contributed by atoms with E-state index < -0.39 is 0 Å². The van der Waals surface area contributed by atoms with E-state index in [-0.39, 0.29) is 5.78 Å². The van der Waals surface area contributed by atoms with Gasteiger partial charge >= 0.3 is 0 Å². The molecule has 0 saturated carbocycles. The van der Waals surface area contributed by atoms with Crippen LogP contribution in [0.25, 0.3) is 6.08 Å². The predicted octanol–water partition coefficient (Wildman–Crippen LogP) is 2.32. The summed E-state index contributed by atoms with van der Waals surface area (Å²) in [6, 6.07) is 5.74. The van der Waals surface area contributed by atoms with Crippen LogP contribution in [0.1, 0.15) is 27.9 Å². The molecule has 0 bridgehead atoms. The Balaban J connectivity index is 2.36. The van der Waals surface area contributed by atoms with Crippen molar-refractivity contribution in [3.63, 3.8) is 0 Å². The lowest BCUT2D eigenvalue weighted by molar-refractivity contribution is 0.0994. The Morgan fingerprint density at radius 1 is 1.35 bits per heavy atom. The topological polar surface area (TPSA) is 66.9 Å². The zero-order chi connectivity index (χ0) is 12.3. The van der Waals surface area contributed by atoms with Crippen LogP contribution in [0.2, 0.25) is 0 Å². The Morgan fingerprint density at radius 2 is 2.18 bits per heavy atom. The summed E-state index contributed by atoms with van der Waals surface area (Å²) in [5.41, 5.74) is 8.99. The van der Waals surface area contributed by atoms with Gasteiger partial charge < -0.3 is 11.1 Å². The Kier molecular flexibility index (Phi) is 3.19. The van der Waals surface area contributed by atoms with Gasteiger partial charge in [-0.1, -0.05) is 30.4 Å². The normalized spacial score (nSPS) is 15.3. The second-order valence-corrected chi connectivity index (χ2v) is 3.94. The molecule has 3 heteroatoms. The van der Waals surface area contributed by atoms with Crippen molar-refractivity contribution in [3.05, 3.63) is 52.7 Å². The fourth-order valence-electron chi connectivity index (χ4n) is 2.01. The van der Waals surface area contributed by atoms with Crippen LogP contribution in [0.5, 0.6) is 0 Å². The van der Waals surface area contributed by atoms with Gasteiger partial charge in [0.05, 0.1) is 0 Å². The fourth-order valence-corrected chi connectivity index (χ4v) is 2.01. The first kappa shape index (κ1) is 11.3. The molecule has 0 radical (unpaired) electrons. The van der Waals surface area contributed by atoms with Gasteiger partial charge in [-0.05, 0) is 17.5 Å². The number of nitrogens with two attached hydrogens (primary N) is 1. The summed E-state index contributed by atoms with van der Waals surface area (Å²) in [6.07, 6.45) is 7.68. The molecule has 0 spiro atoms. The fraction of sp³-hybridized carbons (Fsp3) is 0.143. The number of allylic oxidation sites excluding steroid dienone is 2. The van der Waals surface area contributed by atoms with Crippen LogP contribution in [0.15, 0.2) is 36.0 Å². The highest BCUT2D eigenvalue weighted by atomic mass is 16.1. The molecule has 86 valence electrons. The zero-order valence-corrected chi connectivity index (χ0v) is 9.44. The molecule has 1 aliphatic carbocycles. The lowest BCUT2D eigenvalue weighted by atomic mass is 10.0. The van der Waals surface area contributed by atoms with Crippen molar-refractivity contribution in [1.29, 1.82) is 5.41 Å². The van der Waals surface area contributed by atoms with E-state index in [1.807, 2.05) is 24.3 Å². The van der Waals surface area contributed by atoms with E-state index in [1.165, 1.54) is 12.4 Å². The molecule has 0 aliphatic heterocycles. The van der Waals surface area contributed by atoms with Crippen molar-refractivity contribution in [2.45, 2.75) is 12.8 Å². The summed E-state index contributed by atoms with van der Waals surface area (Å²) >= 11 is 0. The minimum atomic E-state index is 0.219. The first-order chi connectivity index (χ1) is 8.26. The number of rotatable bonds is 3. The molecule has 0 unspecified atom stereocenters. The smallest absolute Gasteiger partial charge is 0.163 e. The van der Waals surface area contributed by atoms with Crippen LogP contribution in [0.4, 0.5) is 0 Å². The van der Waals surface area contributed by atoms with Gasteiger partial charge in [0.15, 0.2) is 5.78 Å². The molecule has 0 saturated heterocycles. The lowest BCUT2D eigenvalue weighted by Crippen LogP contribution is -1.92. The van der Waals surface area contributed by atoms with Crippen molar-refractivity contribution in [2.24, 2.45) is 5.73 Å². The number of fused-ring (bicyclic) bond motifs is 1. The summed E-state index contributed by atoms with van der Waals surface area (Å²) in [6.45, 7) is 0. The summed E-state index contributed by atoms with van der Waals surface area (Å²) in [5, 5.41) is 7.13. The van der Waals surface area contributed by atoms with Crippen LogP contribution < -0.4 is 5.73 Å². The maximum Gasteiger partial charge on any atom is 0.163 e. The van der Waals surface area contributed by atoms with Gasteiger partial charge in [0.25, 0.3) is 0 Å². The van der Waals surface area contributed by atoms with Crippen LogP contribution in [0, 0.1) is 5.41 Å². The monoisotopic (exact) mass is 226 g/mol. The minimum Gasteiger partial charge on any atom is -0.404 e. The van der Waals surface area contributed by atoms with Crippen LogP contribution >= 0.6 is 0 Å². The first-order valence-electron chi connectivity index (χ1n) is 5.52. The summed E-state index contributed by atoms with van der Waals surface area (Å²) in [7, 11) is 0. The average Bonchev–Trinajstić information content (AvgIpc) is 2.73. The number of ketones is 1. The third kappa shape index (κ3) is 2.18. The molecule has 1 aliphatic rings. The second kappa shape index (κ2) is 4.78. The summed E-state index contributed by atoms with van der Waals surface area (Å²) in [4.78, 5) is 11.6. The van der Waals surface area contributed by atoms with Gasteiger partial charge in [-0.3, -0.25) is 4.79 Å². The maximum atomic E-state index is 11.6. The SMILES string of the molecule is N=CC(=CN)/C=C/c1cccc2c1CCC2=O. The molecule has 1 aromatic rings. The Bertz CT molecular complexity index is 527. The van der Waals surface area contributed by atoms with E-state index in [1.54, 1.807) is 6.08 Å². The predicted molar refractivity (Wildman–Crippen MR) is 69.2 cm³/mol. The minimum absolute atomic E-state index is 0.219. The second-order valence-electron chi connectivity index (χ2n) is 3.94. The highest BCUT2D eigenvalue weighted by Crippen LogP contribution is 2.26. The van der Waals surface area contributed by atoms with Gasteiger partial charge in [-0.2, -0.15) is 0 Å². The number of carbonyl (C=O) groups excluding carboxylic acids is 1. The Labute approximate surface area is 100 Å². The Morgan fingerprint density at radius 3 is 2.88 bits per heavy atom. The zero-order valence-electron chi connectivity index (χ0n) is 9.44. The van der Waals surface area contributed by atoms with Gasteiger partial charge in [0.2, 0.25) is 0 Å². The number of hydrogen-bond acceptors (Lipinski definition) is 3. The molecule has 3 nitrogen and oxygen atoms in total. The molecule has 0 aromatic heterocycles. The number of benzene rings is 1. The molecule has 1 aromatic carbocycles. The number of hydrogen-bond donors (Lipinski definition) is 2. The molecule has 0 amide bonds. The van der Waals surface area contributed by atoms with Crippen molar-refractivity contribution < 1.29 is 4.79 Å². The number of nitrogens with one attached hydrogen (secondary N) is 1. The van der Waals surface area contributed by atoms with Crippen LogP contribution in [-0.2, 0) is 6.42 Å². The third-order valence-electron chi connectivity index (χ3n) is 2.93. The standard InChI is InChI=1S/C14H14N2O/c15-8-10(9-16)4-5-11-2-1-3-13-12(11)6-7-14(13)17/h1-5,8-9,15H,6-7,16H2/b5-4+,10-9?,15-8?. The lowest BCUT2D eigenvalue weighted by Gasteiger charge is -2.02. The highest BCUT2D eigenvalue weighted by molar-refractivity contribution is 6.01. The first-order valence-corrected chi connectivity index (χ1v) is 5.52. The van der Waals surface area contributed by atoms with Gasteiger partial charge in [0, 0.05) is 30.0 Å². The van der Waals surface area contributed by atoms with Crippen molar-refractivity contribution >= 4 is 18.1 Å². The molecular weight excluding hydrogens is 212 g/mol. The average molecular weight is 226 g/mol.